The second-order valence-corrected chi connectivity index (χ2v) is 5.78. The van der Waals surface area contributed by atoms with E-state index in [1.54, 1.807) is 0 Å². The van der Waals surface area contributed by atoms with Crippen LogP contribution in [0.15, 0.2) is 0 Å². The second kappa shape index (κ2) is 6.39. The van der Waals surface area contributed by atoms with E-state index in [0.717, 1.165) is 49.2 Å². The molecule has 5 nitrogen and oxygen atoms in total. The van der Waals surface area contributed by atoms with Crippen molar-refractivity contribution in [3.8, 4) is 0 Å². The molecule has 0 aromatic carbocycles. The first-order valence-electron chi connectivity index (χ1n) is 7.63. The molecule has 3 N–H and O–H groups in total. The van der Waals surface area contributed by atoms with Gasteiger partial charge in [0.15, 0.2) is 0 Å². The predicted molar refractivity (Wildman–Crippen MR) is 79.6 cm³/mol. The van der Waals surface area contributed by atoms with E-state index in [0.29, 0.717) is 12.5 Å². The zero-order valence-corrected chi connectivity index (χ0v) is 12.8. The highest BCUT2D eigenvalue weighted by Gasteiger charge is 2.29. The highest BCUT2D eigenvalue weighted by molar-refractivity contribution is 5.96. The topological polar surface area (TPSA) is 72.9 Å². The monoisotopic (exact) mass is 278 g/mol. The first-order valence-corrected chi connectivity index (χ1v) is 7.63. The summed E-state index contributed by atoms with van der Waals surface area (Å²) in [7, 11) is 0. The normalized spacial score (nSPS) is 22.2. The van der Waals surface area contributed by atoms with Crippen molar-refractivity contribution < 1.29 is 4.79 Å². The van der Waals surface area contributed by atoms with Crippen LogP contribution < -0.4 is 11.1 Å². The van der Waals surface area contributed by atoms with Crippen LogP contribution in [0.4, 0.5) is 0 Å². The Morgan fingerprint density at radius 1 is 1.45 bits per heavy atom. The minimum Gasteiger partial charge on any atom is -0.349 e. The van der Waals surface area contributed by atoms with Crippen LogP contribution in [-0.4, -0.2) is 28.3 Å². The summed E-state index contributed by atoms with van der Waals surface area (Å²) < 4.78 is 1.93. The molecular formula is C15H26N4O. The lowest BCUT2D eigenvalue weighted by atomic mass is 10.0. The van der Waals surface area contributed by atoms with Crippen molar-refractivity contribution >= 4 is 5.91 Å². The summed E-state index contributed by atoms with van der Waals surface area (Å²) in [5.74, 6) is 0.429. The molecule has 1 heterocycles. The Balaban J connectivity index is 2.13. The minimum absolute atomic E-state index is 0.00713. The van der Waals surface area contributed by atoms with Crippen molar-refractivity contribution in [2.45, 2.75) is 59.0 Å². The summed E-state index contributed by atoms with van der Waals surface area (Å²) in [6.07, 6.45) is 4.32. The molecule has 112 valence electrons. The molecule has 1 aliphatic rings. The van der Waals surface area contributed by atoms with Crippen molar-refractivity contribution in [3.63, 3.8) is 0 Å². The van der Waals surface area contributed by atoms with Crippen molar-refractivity contribution in [2.24, 2.45) is 11.7 Å². The first kappa shape index (κ1) is 15.0. The molecule has 1 aromatic heterocycles. The van der Waals surface area contributed by atoms with Gasteiger partial charge in [0.2, 0.25) is 0 Å². The number of nitrogens with one attached hydrogen (secondary N) is 1. The van der Waals surface area contributed by atoms with E-state index in [-0.39, 0.29) is 11.9 Å². The molecule has 0 bridgehead atoms. The van der Waals surface area contributed by atoms with Gasteiger partial charge in [0.1, 0.15) is 0 Å². The summed E-state index contributed by atoms with van der Waals surface area (Å²) >= 11 is 0. The molecule has 2 unspecified atom stereocenters. The molecule has 0 radical (unpaired) electrons. The number of rotatable bonds is 5. The third kappa shape index (κ3) is 2.87. The second-order valence-electron chi connectivity index (χ2n) is 5.78. The molecule has 5 heteroatoms. The van der Waals surface area contributed by atoms with Crippen LogP contribution in [0.2, 0.25) is 0 Å². The van der Waals surface area contributed by atoms with Gasteiger partial charge in [0, 0.05) is 18.3 Å². The Kier molecular flexibility index (Phi) is 4.81. The first-order chi connectivity index (χ1) is 9.58. The average Bonchev–Trinajstić information content (AvgIpc) is 2.95. The van der Waals surface area contributed by atoms with Gasteiger partial charge in [0.05, 0.1) is 11.3 Å². The average molecular weight is 278 g/mol. The van der Waals surface area contributed by atoms with Gasteiger partial charge in [0.25, 0.3) is 5.91 Å². The van der Waals surface area contributed by atoms with Crippen molar-refractivity contribution in [1.29, 1.82) is 0 Å². The number of nitrogens with zero attached hydrogens (tertiary/aromatic N) is 2. The van der Waals surface area contributed by atoms with Gasteiger partial charge in [-0.2, -0.15) is 5.10 Å². The fraction of sp³-hybridized carbons (Fsp3) is 0.733. The molecule has 20 heavy (non-hydrogen) atoms. The van der Waals surface area contributed by atoms with E-state index in [9.17, 15) is 4.79 Å². The Morgan fingerprint density at radius 3 is 2.85 bits per heavy atom. The molecule has 2 rings (SSSR count). The minimum atomic E-state index is 0.00713. The lowest BCUT2D eigenvalue weighted by Gasteiger charge is -2.19. The van der Waals surface area contributed by atoms with Crippen LogP contribution in [0.3, 0.4) is 0 Å². The van der Waals surface area contributed by atoms with Crippen molar-refractivity contribution in [1.82, 2.24) is 15.1 Å². The summed E-state index contributed by atoms with van der Waals surface area (Å²) in [6.45, 7) is 7.50. The maximum absolute atomic E-state index is 12.5. The molecule has 0 saturated heterocycles. The highest BCUT2D eigenvalue weighted by Crippen LogP contribution is 2.25. The van der Waals surface area contributed by atoms with Crippen LogP contribution in [0.5, 0.6) is 0 Å². The zero-order valence-electron chi connectivity index (χ0n) is 12.8. The molecule has 0 spiro atoms. The fourth-order valence-corrected chi connectivity index (χ4v) is 3.20. The maximum Gasteiger partial charge on any atom is 0.255 e. The number of aromatic nitrogens is 2. The van der Waals surface area contributed by atoms with Crippen LogP contribution in [0.1, 0.15) is 54.4 Å². The fourth-order valence-electron chi connectivity index (χ4n) is 3.20. The summed E-state index contributed by atoms with van der Waals surface area (Å²) in [5.41, 5.74) is 8.29. The van der Waals surface area contributed by atoms with Gasteiger partial charge < -0.3 is 11.1 Å². The molecule has 1 amide bonds. The number of carbonyl (C=O) groups is 1. The van der Waals surface area contributed by atoms with Gasteiger partial charge in [-0.1, -0.05) is 13.3 Å². The zero-order chi connectivity index (χ0) is 14.7. The molecule has 1 saturated carbocycles. The number of hydrogen-bond acceptors (Lipinski definition) is 3. The third-order valence-electron chi connectivity index (χ3n) is 4.32. The highest BCUT2D eigenvalue weighted by atomic mass is 16.1. The van der Waals surface area contributed by atoms with Crippen LogP contribution >= 0.6 is 0 Å². The van der Waals surface area contributed by atoms with Gasteiger partial charge in [-0.15, -0.1) is 0 Å². The third-order valence-corrected chi connectivity index (χ3v) is 4.32. The van der Waals surface area contributed by atoms with Crippen molar-refractivity contribution in [3.05, 3.63) is 17.0 Å². The quantitative estimate of drug-likeness (QED) is 0.862. The number of hydrogen-bond donors (Lipinski definition) is 2. The van der Waals surface area contributed by atoms with E-state index >= 15 is 0 Å². The van der Waals surface area contributed by atoms with Gasteiger partial charge in [-0.25, -0.2) is 0 Å². The molecule has 1 fully saturated rings. The molecule has 0 aliphatic heterocycles. The smallest absolute Gasteiger partial charge is 0.255 e. The summed E-state index contributed by atoms with van der Waals surface area (Å²) in [6, 6.07) is 0.223. The SMILES string of the molecule is CCCn1nc(C)c(C(=O)NC2CCCC2CN)c1C. The van der Waals surface area contributed by atoms with E-state index in [1.165, 1.54) is 0 Å². The summed E-state index contributed by atoms with van der Waals surface area (Å²) in [5, 5.41) is 7.63. The number of carbonyl (C=O) groups excluding carboxylic acids is 1. The predicted octanol–water partition coefficient (Wildman–Crippen LogP) is 1.77. The van der Waals surface area contributed by atoms with Crippen LogP contribution in [0, 0.1) is 19.8 Å². The molecule has 1 aromatic rings. The summed E-state index contributed by atoms with van der Waals surface area (Å²) in [4.78, 5) is 12.5. The van der Waals surface area contributed by atoms with Gasteiger partial charge in [-0.05, 0) is 45.6 Å². The largest absolute Gasteiger partial charge is 0.349 e. The van der Waals surface area contributed by atoms with Crippen molar-refractivity contribution in [2.75, 3.05) is 6.54 Å². The lowest BCUT2D eigenvalue weighted by Crippen LogP contribution is -2.40. The maximum atomic E-state index is 12.5. The number of aryl methyl sites for hydroxylation is 2. The Labute approximate surface area is 120 Å². The lowest BCUT2D eigenvalue weighted by molar-refractivity contribution is 0.0927. The standard InChI is InChI=1S/C15H26N4O/c1-4-8-19-11(3)14(10(2)18-19)15(20)17-13-7-5-6-12(13)9-16/h12-13H,4-9,16H2,1-3H3,(H,17,20). The molecular weight excluding hydrogens is 252 g/mol. The Morgan fingerprint density at radius 2 is 2.20 bits per heavy atom. The van der Waals surface area contributed by atoms with Gasteiger partial charge in [-0.3, -0.25) is 9.48 Å². The number of amides is 1. The van der Waals surface area contributed by atoms with E-state index < -0.39 is 0 Å². The van der Waals surface area contributed by atoms with Gasteiger partial charge >= 0.3 is 0 Å². The Hall–Kier alpha value is -1.36. The molecule has 1 aliphatic carbocycles. The van der Waals surface area contributed by atoms with E-state index in [1.807, 2.05) is 18.5 Å². The Bertz CT molecular complexity index is 480. The van der Waals surface area contributed by atoms with Crippen LogP contribution in [-0.2, 0) is 6.54 Å². The van der Waals surface area contributed by atoms with E-state index in [2.05, 4.69) is 17.3 Å². The number of nitrogens with two attached hydrogens (primary N) is 1. The molecule has 2 atom stereocenters. The van der Waals surface area contributed by atoms with E-state index in [4.69, 9.17) is 5.73 Å². The van der Waals surface area contributed by atoms with Crippen LogP contribution in [0.25, 0.3) is 0 Å².